The highest BCUT2D eigenvalue weighted by Crippen LogP contribution is 2.48. The first-order chi connectivity index (χ1) is 9.69. The normalized spacial score (nSPS) is 26.6. The second kappa shape index (κ2) is 5.57. The van der Waals surface area contributed by atoms with Gasteiger partial charge in [-0.2, -0.15) is 0 Å². The Hall–Kier alpha value is -1.35. The van der Waals surface area contributed by atoms with Gasteiger partial charge < -0.3 is 10.6 Å². The van der Waals surface area contributed by atoms with Crippen LogP contribution in [0.3, 0.4) is 0 Å². The maximum atomic E-state index is 12.5. The number of carbonyl (C=O) groups excluding carboxylic acids is 1. The summed E-state index contributed by atoms with van der Waals surface area (Å²) in [6.07, 6.45) is 3.17. The number of aryl methyl sites for hydroxylation is 1. The van der Waals surface area contributed by atoms with Gasteiger partial charge >= 0.3 is 0 Å². The van der Waals surface area contributed by atoms with Gasteiger partial charge in [0.2, 0.25) is 5.91 Å². The van der Waals surface area contributed by atoms with Crippen molar-refractivity contribution < 1.29 is 4.79 Å². The summed E-state index contributed by atoms with van der Waals surface area (Å²) in [5.41, 5.74) is 8.31. The molecule has 108 valence electrons. The van der Waals surface area contributed by atoms with Crippen LogP contribution >= 0.6 is 0 Å². The molecule has 1 heterocycles. The number of hydrogen-bond donors (Lipinski definition) is 1. The number of benzene rings is 1. The summed E-state index contributed by atoms with van der Waals surface area (Å²) in [6, 6.07) is 8.63. The van der Waals surface area contributed by atoms with E-state index in [0.717, 1.165) is 38.9 Å². The van der Waals surface area contributed by atoms with Gasteiger partial charge in [-0.1, -0.05) is 29.8 Å². The second-order valence-electron chi connectivity index (χ2n) is 6.36. The minimum Gasteiger partial charge on any atom is -0.342 e. The zero-order valence-electron chi connectivity index (χ0n) is 12.2. The molecule has 1 aliphatic carbocycles. The van der Waals surface area contributed by atoms with Gasteiger partial charge in [-0.25, -0.2) is 0 Å². The van der Waals surface area contributed by atoms with Crippen molar-refractivity contribution >= 4 is 5.91 Å². The molecule has 1 aromatic carbocycles. The number of nitrogens with zero attached hydrogens (tertiary/aromatic N) is 1. The quantitative estimate of drug-likeness (QED) is 0.917. The molecule has 1 saturated heterocycles. The molecule has 0 spiro atoms. The highest BCUT2D eigenvalue weighted by atomic mass is 16.2. The summed E-state index contributed by atoms with van der Waals surface area (Å²) in [6.45, 7) is 4.66. The van der Waals surface area contributed by atoms with Gasteiger partial charge in [0.15, 0.2) is 0 Å². The van der Waals surface area contributed by atoms with Crippen molar-refractivity contribution in [2.45, 2.75) is 32.1 Å². The Morgan fingerprint density at radius 3 is 2.50 bits per heavy atom. The van der Waals surface area contributed by atoms with E-state index in [0.29, 0.717) is 17.7 Å². The smallest absolute Gasteiger partial charge is 0.226 e. The lowest BCUT2D eigenvalue weighted by molar-refractivity contribution is -0.134. The Bertz CT molecular complexity index is 474. The van der Waals surface area contributed by atoms with Gasteiger partial charge in [-0.15, -0.1) is 0 Å². The van der Waals surface area contributed by atoms with Crippen molar-refractivity contribution in [3.05, 3.63) is 35.4 Å². The lowest BCUT2D eigenvalue weighted by Crippen LogP contribution is -2.41. The molecule has 3 rings (SSSR count). The van der Waals surface area contributed by atoms with Gasteiger partial charge in [0.05, 0.1) is 0 Å². The minimum absolute atomic E-state index is 0.229. The molecule has 0 bridgehead atoms. The lowest BCUT2D eigenvalue weighted by atomic mass is 9.96. The first kappa shape index (κ1) is 13.6. The summed E-state index contributed by atoms with van der Waals surface area (Å²) < 4.78 is 0. The topological polar surface area (TPSA) is 46.3 Å². The second-order valence-corrected chi connectivity index (χ2v) is 6.36. The van der Waals surface area contributed by atoms with Crippen LogP contribution in [0.15, 0.2) is 24.3 Å². The molecule has 2 fully saturated rings. The van der Waals surface area contributed by atoms with Crippen molar-refractivity contribution in [1.82, 2.24) is 4.90 Å². The van der Waals surface area contributed by atoms with Gasteiger partial charge in [0.25, 0.3) is 0 Å². The average Bonchev–Trinajstić information content (AvgIpc) is 3.28. The number of carbonyl (C=O) groups is 1. The maximum absolute atomic E-state index is 12.5. The van der Waals surface area contributed by atoms with Gasteiger partial charge in [-0.3, -0.25) is 4.79 Å². The van der Waals surface area contributed by atoms with E-state index in [9.17, 15) is 4.79 Å². The molecule has 1 amide bonds. The molecular weight excluding hydrogens is 248 g/mol. The summed E-state index contributed by atoms with van der Waals surface area (Å²) in [4.78, 5) is 14.6. The van der Waals surface area contributed by atoms with Crippen molar-refractivity contribution in [3.63, 3.8) is 0 Å². The largest absolute Gasteiger partial charge is 0.342 e. The van der Waals surface area contributed by atoms with E-state index in [4.69, 9.17) is 5.73 Å². The summed E-state index contributed by atoms with van der Waals surface area (Å²) in [5, 5.41) is 0. The number of amides is 1. The highest BCUT2D eigenvalue weighted by molar-refractivity contribution is 5.83. The summed E-state index contributed by atoms with van der Waals surface area (Å²) in [5.74, 6) is 1.67. The van der Waals surface area contributed by atoms with E-state index in [1.807, 2.05) is 0 Å². The van der Waals surface area contributed by atoms with Crippen LogP contribution in [-0.2, 0) is 4.79 Å². The predicted molar refractivity (Wildman–Crippen MR) is 80.4 cm³/mol. The van der Waals surface area contributed by atoms with Crippen LogP contribution < -0.4 is 5.73 Å². The zero-order valence-corrected chi connectivity index (χ0v) is 12.2. The Kier molecular flexibility index (Phi) is 3.79. The summed E-state index contributed by atoms with van der Waals surface area (Å²) in [7, 11) is 0. The molecular formula is C17H24N2O. The van der Waals surface area contributed by atoms with Crippen LogP contribution in [0.5, 0.6) is 0 Å². The van der Waals surface area contributed by atoms with E-state index in [-0.39, 0.29) is 5.92 Å². The molecule has 1 saturated carbocycles. The fraction of sp³-hybridized carbons (Fsp3) is 0.588. The van der Waals surface area contributed by atoms with Crippen LogP contribution in [0.4, 0.5) is 0 Å². The molecule has 20 heavy (non-hydrogen) atoms. The molecule has 3 heteroatoms. The maximum Gasteiger partial charge on any atom is 0.226 e. The molecule has 3 nitrogen and oxygen atoms in total. The Morgan fingerprint density at radius 2 is 1.90 bits per heavy atom. The van der Waals surface area contributed by atoms with Gasteiger partial charge in [0, 0.05) is 19.0 Å². The Morgan fingerprint density at radius 1 is 1.25 bits per heavy atom. The van der Waals surface area contributed by atoms with Gasteiger partial charge in [-0.05, 0) is 50.1 Å². The fourth-order valence-electron chi connectivity index (χ4n) is 3.27. The van der Waals surface area contributed by atoms with Crippen LogP contribution in [0, 0.1) is 18.8 Å². The minimum atomic E-state index is 0.229. The van der Waals surface area contributed by atoms with E-state index >= 15 is 0 Å². The average molecular weight is 272 g/mol. The predicted octanol–water partition coefficient (Wildman–Crippen LogP) is 2.30. The molecule has 1 aliphatic heterocycles. The molecule has 2 unspecified atom stereocenters. The number of hydrogen-bond acceptors (Lipinski definition) is 2. The third-order valence-electron chi connectivity index (χ3n) is 4.87. The lowest BCUT2D eigenvalue weighted by Gasteiger charge is -2.31. The number of likely N-dealkylation sites (tertiary alicyclic amines) is 1. The first-order valence-corrected chi connectivity index (χ1v) is 7.74. The standard InChI is InChI=1S/C17H24N2O/c1-12-2-4-14(5-3-12)15-10-16(15)17(20)19-8-6-13(11-18)7-9-19/h2-5,13,15-16H,6-11,18H2,1H3. The Balaban J connectivity index is 1.56. The molecule has 2 aliphatic rings. The van der Waals surface area contributed by atoms with Crippen molar-refractivity contribution in [2.75, 3.05) is 19.6 Å². The number of nitrogens with two attached hydrogens (primary N) is 1. The summed E-state index contributed by atoms with van der Waals surface area (Å²) >= 11 is 0. The first-order valence-electron chi connectivity index (χ1n) is 7.74. The highest BCUT2D eigenvalue weighted by Gasteiger charge is 2.45. The van der Waals surface area contributed by atoms with E-state index < -0.39 is 0 Å². The van der Waals surface area contributed by atoms with Crippen molar-refractivity contribution in [1.29, 1.82) is 0 Å². The van der Waals surface area contributed by atoms with Crippen LogP contribution in [0.1, 0.15) is 36.3 Å². The Labute approximate surface area is 121 Å². The van der Waals surface area contributed by atoms with E-state index in [2.05, 4.69) is 36.1 Å². The fourth-order valence-corrected chi connectivity index (χ4v) is 3.27. The van der Waals surface area contributed by atoms with Crippen LogP contribution in [0.2, 0.25) is 0 Å². The third-order valence-corrected chi connectivity index (χ3v) is 4.87. The molecule has 2 atom stereocenters. The SMILES string of the molecule is Cc1ccc(C2CC2C(=O)N2CCC(CN)CC2)cc1. The van der Waals surface area contributed by atoms with E-state index in [1.54, 1.807) is 0 Å². The molecule has 0 radical (unpaired) electrons. The van der Waals surface area contributed by atoms with Crippen molar-refractivity contribution in [2.24, 2.45) is 17.6 Å². The van der Waals surface area contributed by atoms with Crippen LogP contribution in [-0.4, -0.2) is 30.4 Å². The monoisotopic (exact) mass is 272 g/mol. The zero-order chi connectivity index (χ0) is 14.1. The molecule has 0 aromatic heterocycles. The number of piperidine rings is 1. The van der Waals surface area contributed by atoms with E-state index in [1.165, 1.54) is 11.1 Å². The number of rotatable bonds is 3. The third kappa shape index (κ3) is 2.73. The molecule has 2 N–H and O–H groups in total. The van der Waals surface area contributed by atoms with Crippen LogP contribution in [0.25, 0.3) is 0 Å². The molecule has 1 aromatic rings. The van der Waals surface area contributed by atoms with Crippen molar-refractivity contribution in [3.8, 4) is 0 Å². The van der Waals surface area contributed by atoms with Gasteiger partial charge in [0.1, 0.15) is 0 Å².